The van der Waals surface area contributed by atoms with Gasteiger partial charge in [-0.25, -0.2) is 4.68 Å². The third-order valence-electron chi connectivity index (χ3n) is 5.23. The monoisotopic (exact) mass is 412 g/mol. The highest BCUT2D eigenvalue weighted by Gasteiger charge is 2.15. The Hall–Kier alpha value is -4.33. The molecule has 0 atom stereocenters. The van der Waals surface area contributed by atoms with Crippen LogP contribution in [0.1, 0.15) is 5.56 Å². The molecule has 0 saturated heterocycles. The second-order valence-corrected chi connectivity index (χ2v) is 7.36. The third kappa shape index (κ3) is 3.33. The Kier molecular flexibility index (Phi) is 4.32. The Morgan fingerprint density at radius 3 is 2.65 bits per heavy atom. The van der Waals surface area contributed by atoms with E-state index < -0.39 is 0 Å². The Morgan fingerprint density at radius 2 is 1.84 bits per heavy atom. The van der Waals surface area contributed by atoms with Crippen molar-refractivity contribution >= 4 is 33.3 Å². The highest BCUT2D eigenvalue weighted by Crippen LogP contribution is 2.30. The van der Waals surface area contributed by atoms with Gasteiger partial charge in [0.25, 0.3) is 5.56 Å². The van der Waals surface area contributed by atoms with Crippen LogP contribution in [0.25, 0.3) is 21.8 Å². The van der Waals surface area contributed by atoms with E-state index >= 15 is 0 Å². The lowest BCUT2D eigenvalue weighted by Crippen LogP contribution is -2.24. The zero-order valence-corrected chi connectivity index (χ0v) is 16.8. The van der Waals surface area contributed by atoms with Crippen molar-refractivity contribution < 1.29 is 4.74 Å². The largest absolute Gasteiger partial charge is 0.439 e. The molecule has 0 aliphatic rings. The second kappa shape index (κ2) is 7.17. The van der Waals surface area contributed by atoms with Gasteiger partial charge in [0.2, 0.25) is 5.88 Å². The molecule has 31 heavy (non-hydrogen) atoms. The molecule has 5 rings (SSSR count). The molecular weight excluding hydrogens is 392 g/mol. The first-order valence-corrected chi connectivity index (χ1v) is 9.73. The smallest absolute Gasteiger partial charge is 0.291 e. The van der Waals surface area contributed by atoms with Crippen molar-refractivity contribution in [1.29, 1.82) is 0 Å². The first-order valence-electron chi connectivity index (χ1n) is 9.73. The molecule has 8 heteroatoms. The van der Waals surface area contributed by atoms with Crippen molar-refractivity contribution in [2.45, 2.75) is 6.54 Å². The number of aromatic nitrogens is 4. The predicted octanol–water partition coefficient (Wildman–Crippen LogP) is 3.29. The van der Waals surface area contributed by atoms with Crippen molar-refractivity contribution in [1.82, 2.24) is 19.3 Å². The Bertz CT molecular complexity index is 1500. The van der Waals surface area contributed by atoms with Crippen molar-refractivity contribution in [3.8, 4) is 11.6 Å². The van der Waals surface area contributed by atoms with E-state index in [2.05, 4.69) is 10.1 Å². The number of aryl methyl sites for hydroxylation is 1. The Balaban J connectivity index is 1.58. The van der Waals surface area contributed by atoms with E-state index in [0.29, 0.717) is 35.2 Å². The molecule has 3 heterocycles. The van der Waals surface area contributed by atoms with Crippen LogP contribution < -0.4 is 21.8 Å². The van der Waals surface area contributed by atoms with E-state index in [1.54, 1.807) is 24.4 Å². The lowest BCUT2D eigenvalue weighted by atomic mass is 10.2. The number of hydrogen-bond donors (Lipinski definition) is 2. The zero-order valence-electron chi connectivity index (χ0n) is 16.8. The number of fused-ring (bicyclic) bond motifs is 3. The van der Waals surface area contributed by atoms with E-state index in [-0.39, 0.29) is 5.56 Å². The number of ether oxygens (including phenoxy) is 1. The lowest BCUT2D eigenvalue weighted by molar-refractivity contribution is 0.464. The average molecular weight is 412 g/mol. The quantitative estimate of drug-likeness (QED) is 0.438. The van der Waals surface area contributed by atoms with Gasteiger partial charge in [-0.3, -0.25) is 4.79 Å². The van der Waals surface area contributed by atoms with Crippen LogP contribution in [0.5, 0.6) is 11.6 Å². The summed E-state index contributed by atoms with van der Waals surface area (Å²) >= 11 is 0. The fraction of sp³-hybridized carbons (Fsp3) is 0.0870. The van der Waals surface area contributed by atoms with Crippen LogP contribution in [0, 0.1) is 0 Å². The number of benzene rings is 2. The predicted molar refractivity (Wildman–Crippen MR) is 121 cm³/mol. The van der Waals surface area contributed by atoms with Crippen LogP contribution in [-0.4, -0.2) is 19.3 Å². The molecule has 154 valence electrons. The van der Waals surface area contributed by atoms with Gasteiger partial charge < -0.3 is 20.8 Å². The zero-order chi connectivity index (χ0) is 21.5. The standard InChI is InChI=1S/C23H20N6O2/c1-28-19-11-16(31-21-7-3-6-20(25)27-21)8-9-17(19)18-12-26-29(23(30)22(18)28)13-14-4-2-5-15(24)10-14/h2-12H,13,24H2,1H3,(H2,25,27). The molecule has 2 aromatic carbocycles. The van der Waals surface area contributed by atoms with E-state index in [1.807, 2.05) is 54.1 Å². The molecule has 0 amide bonds. The minimum Gasteiger partial charge on any atom is -0.439 e. The molecule has 8 nitrogen and oxygen atoms in total. The number of rotatable bonds is 4. The summed E-state index contributed by atoms with van der Waals surface area (Å²) in [5.41, 5.74) is 14.4. The molecular formula is C23H20N6O2. The van der Waals surface area contributed by atoms with Gasteiger partial charge in [0, 0.05) is 35.6 Å². The Morgan fingerprint density at radius 1 is 1.00 bits per heavy atom. The van der Waals surface area contributed by atoms with Crippen molar-refractivity contribution in [3.63, 3.8) is 0 Å². The number of nitrogen functional groups attached to an aromatic ring is 2. The van der Waals surface area contributed by atoms with Crippen LogP contribution >= 0.6 is 0 Å². The maximum absolute atomic E-state index is 13.2. The number of nitrogens with two attached hydrogens (primary N) is 2. The van der Waals surface area contributed by atoms with Gasteiger partial charge in [0.1, 0.15) is 17.1 Å². The van der Waals surface area contributed by atoms with Crippen LogP contribution in [-0.2, 0) is 13.6 Å². The topological polar surface area (TPSA) is 114 Å². The fourth-order valence-electron chi connectivity index (χ4n) is 3.79. The molecule has 4 N–H and O–H groups in total. The Labute approximate surface area is 177 Å². The number of nitrogens with zero attached hydrogens (tertiary/aromatic N) is 4. The van der Waals surface area contributed by atoms with Gasteiger partial charge in [-0.05, 0) is 35.9 Å². The maximum Gasteiger partial charge on any atom is 0.291 e. The summed E-state index contributed by atoms with van der Waals surface area (Å²) in [4.78, 5) is 17.4. The van der Waals surface area contributed by atoms with Crippen molar-refractivity contribution in [2.24, 2.45) is 7.05 Å². The van der Waals surface area contributed by atoms with Crippen molar-refractivity contribution in [2.75, 3.05) is 11.5 Å². The minimum absolute atomic E-state index is 0.168. The molecule has 0 bridgehead atoms. The maximum atomic E-state index is 13.2. The van der Waals surface area contributed by atoms with E-state index in [0.717, 1.165) is 21.9 Å². The van der Waals surface area contributed by atoms with Gasteiger partial charge >= 0.3 is 0 Å². The molecule has 0 unspecified atom stereocenters. The van der Waals surface area contributed by atoms with Crippen molar-refractivity contribution in [3.05, 3.63) is 82.8 Å². The molecule has 0 aliphatic carbocycles. The lowest BCUT2D eigenvalue weighted by Gasteiger charge is -2.06. The van der Waals surface area contributed by atoms with E-state index in [1.165, 1.54) is 4.68 Å². The average Bonchev–Trinajstić information content (AvgIpc) is 3.02. The molecule has 0 saturated carbocycles. The summed E-state index contributed by atoms with van der Waals surface area (Å²) in [6.07, 6.45) is 1.73. The summed E-state index contributed by atoms with van der Waals surface area (Å²) < 4.78 is 9.16. The summed E-state index contributed by atoms with van der Waals surface area (Å²) in [7, 11) is 1.86. The van der Waals surface area contributed by atoms with Crippen LogP contribution in [0.2, 0.25) is 0 Å². The van der Waals surface area contributed by atoms with Crippen LogP contribution in [0.15, 0.2) is 71.7 Å². The van der Waals surface area contributed by atoms with Gasteiger partial charge in [-0.1, -0.05) is 18.2 Å². The second-order valence-electron chi connectivity index (χ2n) is 7.36. The normalized spacial score (nSPS) is 11.3. The number of anilines is 2. The molecule has 5 aromatic rings. The molecule has 0 radical (unpaired) electrons. The summed E-state index contributed by atoms with van der Waals surface area (Å²) in [5, 5.41) is 6.10. The van der Waals surface area contributed by atoms with Crippen LogP contribution in [0.3, 0.4) is 0 Å². The highest BCUT2D eigenvalue weighted by atomic mass is 16.5. The van der Waals surface area contributed by atoms with E-state index in [4.69, 9.17) is 16.2 Å². The SMILES string of the molecule is Cn1c2cc(Oc3cccc(N)n3)ccc2c2cnn(Cc3cccc(N)c3)c(=O)c21. The van der Waals surface area contributed by atoms with Gasteiger partial charge in [0.15, 0.2) is 0 Å². The molecule has 0 aliphatic heterocycles. The minimum atomic E-state index is -0.168. The number of hydrogen-bond acceptors (Lipinski definition) is 6. The molecule has 0 fully saturated rings. The molecule has 0 spiro atoms. The number of pyridine rings is 1. The van der Waals surface area contributed by atoms with Gasteiger partial charge in [-0.2, -0.15) is 10.1 Å². The summed E-state index contributed by atoms with van der Waals surface area (Å²) in [6, 6.07) is 18.3. The summed E-state index contributed by atoms with van der Waals surface area (Å²) in [5.74, 6) is 1.39. The first-order chi connectivity index (χ1) is 15.0. The summed E-state index contributed by atoms with van der Waals surface area (Å²) in [6.45, 7) is 0.344. The fourth-order valence-corrected chi connectivity index (χ4v) is 3.79. The molecule has 3 aromatic heterocycles. The van der Waals surface area contributed by atoms with Crippen LogP contribution in [0.4, 0.5) is 11.5 Å². The third-order valence-corrected chi connectivity index (χ3v) is 5.23. The first kappa shape index (κ1) is 18.7. The van der Waals surface area contributed by atoms with E-state index in [9.17, 15) is 4.79 Å². The van der Waals surface area contributed by atoms with Gasteiger partial charge in [0.05, 0.1) is 18.3 Å². The highest BCUT2D eigenvalue weighted by molar-refractivity contribution is 6.07. The van der Waals surface area contributed by atoms with Gasteiger partial charge in [-0.15, -0.1) is 0 Å².